The zero-order chi connectivity index (χ0) is 11.4. The van der Waals surface area contributed by atoms with E-state index in [0.717, 1.165) is 18.7 Å². The summed E-state index contributed by atoms with van der Waals surface area (Å²) in [7, 11) is 0. The van der Waals surface area contributed by atoms with E-state index in [9.17, 15) is 4.79 Å². The highest BCUT2D eigenvalue weighted by Crippen LogP contribution is 1.96. The topological polar surface area (TPSA) is 39.8 Å². The van der Waals surface area contributed by atoms with Crippen LogP contribution in [0.1, 0.15) is 19.0 Å². The Bertz CT molecular complexity index is 498. The average Bonchev–Trinajstić information content (AvgIpc) is 2.64. The molecular formula is C12H15N3O. The Morgan fingerprint density at radius 2 is 2.06 bits per heavy atom. The Kier molecular flexibility index (Phi) is 3.19. The van der Waals surface area contributed by atoms with Crippen molar-refractivity contribution in [3.63, 3.8) is 0 Å². The van der Waals surface area contributed by atoms with Gasteiger partial charge in [-0.15, -0.1) is 0 Å². The molecule has 0 fully saturated rings. The van der Waals surface area contributed by atoms with Crippen LogP contribution in [0.5, 0.6) is 0 Å². The second-order valence-electron chi connectivity index (χ2n) is 3.72. The lowest BCUT2D eigenvalue weighted by molar-refractivity contribution is 0.621. The molecule has 0 saturated carbocycles. The maximum Gasteiger partial charge on any atom is 0.328 e. The molecule has 0 atom stereocenters. The van der Waals surface area contributed by atoms with Gasteiger partial charge in [0.25, 0.3) is 0 Å². The molecule has 16 heavy (non-hydrogen) atoms. The molecule has 4 nitrogen and oxygen atoms in total. The maximum atomic E-state index is 11.9. The molecule has 2 rings (SSSR count). The predicted molar refractivity (Wildman–Crippen MR) is 62.3 cm³/mol. The van der Waals surface area contributed by atoms with Crippen molar-refractivity contribution in [2.24, 2.45) is 0 Å². The first-order chi connectivity index (χ1) is 7.81. The lowest BCUT2D eigenvalue weighted by Crippen LogP contribution is -2.24. The summed E-state index contributed by atoms with van der Waals surface area (Å²) in [5.41, 5.74) is 0.936. The van der Waals surface area contributed by atoms with E-state index in [4.69, 9.17) is 0 Å². The Morgan fingerprint density at radius 1 is 1.25 bits per heavy atom. The molecule has 0 radical (unpaired) electrons. The summed E-state index contributed by atoms with van der Waals surface area (Å²) in [6, 6.07) is 5.72. The first-order valence-electron chi connectivity index (χ1n) is 5.46. The molecule has 84 valence electrons. The van der Waals surface area contributed by atoms with Crippen molar-refractivity contribution in [3.8, 4) is 0 Å². The fourth-order valence-electron chi connectivity index (χ4n) is 1.65. The van der Waals surface area contributed by atoms with Gasteiger partial charge in [-0.2, -0.15) is 0 Å². The van der Waals surface area contributed by atoms with Crippen molar-refractivity contribution < 1.29 is 0 Å². The zero-order valence-corrected chi connectivity index (χ0v) is 9.34. The molecule has 0 N–H and O–H groups in total. The summed E-state index contributed by atoms with van der Waals surface area (Å²) in [6.45, 7) is 3.37. The van der Waals surface area contributed by atoms with Gasteiger partial charge in [-0.25, -0.2) is 4.79 Å². The van der Waals surface area contributed by atoms with E-state index in [-0.39, 0.29) is 5.69 Å². The van der Waals surface area contributed by atoms with Crippen molar-refractivity contribution in [1.29, 1.82) is 0 Å². The van der Waals surface area contributed by atoms with Crippen LogP contribution in [-0.4, -0.2) is 14.1 Å². The molecular weight excluding hydrogens is 202 g/mol. The van der Waals surface area contributed by atoms with Crippen LogP contribution in [0.4, 0.5) is 0 Å². The third kappa shape index (κ3) is 2.21. The maximum absolute atomic E-state index is 11.9. The summed E-state index contributed by atoms with van der Waals surface area (Å²) < 4.78 is 3.40. The second kappa shape index (κ2) is 4.79. The van der Waals surface area contributed by atoms with Gasteiger partial charge in [0, 0.05) is 25.1 Å². The molecule has 4 heteroatoms. The van der Waals surface area contributed by atoms with Crippen LogP contribution < -0.4 is 5.69 Å². The van der Waals surface area contributed by atoms with Gasteiger partial charge in [0.1, 0.15) is 0 Å². The SMILES string of the molecule is CCCn1ccn(Cc2ccccn2)c1=O. The minimum atomic E-state index is 0.0347. The number of pyridine rings is 1. The quantitative estimate of drug-likeness (QED) is 0.778. The second-order valence-corrected chi connectivity index (χ2v) is 3.72. The molecule has 2 aromatic rings. The highest BCUT2D eigenvalue weighted by atomic mass is 16.1. The van der Waals surface area contributed by atoms with E-state index in [1.807, 2.05) is 30.6 Å². The van der Waals surface area contributed by atoms with Gasteiger partial charge in [-0.05, 0) is 18.6 Å². The van der Waals surface area contributed by atoms with E-state index < -0.39 is 0 Å². The Balaban J connectivity index is 2.20. The van der Waals surface area contributed by atoms with E-state index in [2.05, 4.69) is 11.9 Å². The highest BCUT2D eigenvalue weighted by Gasteiger charge is 2.03. The molecule has 0 aliphatic heterocycles. The molecule has 0 saturated heterocycles. The Morgan fingerprint density at radius 3 is 2.75 bits per heavy atom. The largest absolute Gasteiger partial charge is 0.328 e. The molecule has 0 amide bonds. The number of imidazole rings is 1. The summed E-state index contributed by atoms with van der Waals surface area (Å²) in [4.78, 5) is 16.1. The average molecular weight is 217 g/mol. The van der Waals surface area contributed by atoms with Crippen LogP contribution >= 0.6 is 0 Å². The van der Waals surface area contributed by atoms with Gasteiger partial charge in [-0.3, -0.25) is 14.1 Å². The summed E-state index contributed by atoms with van der Waals surface area (Å²) in [5, 5.41) is 0. The van der Waals surface area contributed by atoms with Crippen LogP contribution in [-0.2, 0) is 13.1 Å². The predicted octanol–water partition coefficient (Wildman–Crippen LogP) is 1.50. The fourth-order valence-corrected chi connectivity index (χ4v) is 1.65. The minimum absolute atomic E-state index is 0.0347. The number of nitrogens with zero attached hydrogens (tertiary/aromatic N) is 3. The molecule has 0 aromatic carbocycles. The molecule has 2 heterocycles. The van der Waals surface area contributed by atoms with Gasteiger partial charge in [0.05, 0.1) is 12.2 Å². The molecule has 0 spiro atoms. The van der Waals surface area contributed by atoms with Gasteiger partial charge in [0.15, 0.2) is 0 Å². The Hall–Kier alpha value is -1.84. The fraction of sp³-hybridized carbons (Fsp3) is 0.333. The van der Waals surface area contributed by atoms with Crippen molar-refractivity contribution in [2.75, 3.05) is 0 Å². The number of rotatable bonds is 4. The van der Waals surface area contributed by atoms with Crippen LogP contribution in [0, 0.1) is 0 Å². The smallest absolute Gasteiger partial charge is 0.299 e. The van der Waals surface area contributed by atoms with Crippen LogP contribution in [0.2, 0.25) is 0 Å². The lowest BCUT2D eigenvalue weighted by atomic mass is 10.3. The molecule has 0 aliphatic rings. The van der Waals surface area contributed by atoms with Crippen molar-refractivity contribution >= 4 is 0 Å². The molecule has 0 unspecified atom stereocenters. The zero-order valence-electron chi connectivity index (χ0n) is 9.34. The Labute approximate surface area is 94.2 Å². The van der Waals surface area contributed by atoms with Crippen molar-refractivity contribution in [3.05, 3.63) is 53.0 Å². The molecule has 2 aromatic heterocycles. The van der Waals surface area contributed by atoms with Gasteiger partial charge >= 0.3 is 5.69 Å². The summed E-state index contributed by atoms with van der Waals surface area (Å²) >= 11 is 0. The lowest BCUT2D eigenvalue weighted by Gasteiger charge is -2.00. The molecule has 0 aliphatic carbocycles. The van der Waals surface area contributed by atoms with Crippen LogP contribution in [0.3, 0.4) is 0 Å². The minimum Gasteiger partial charge on any atom is -0.299 e. The third-order valence-corrected chi connectivity index (χ3v) is 2.44. The van der Waals surface area contributed by atoms with Gasteiger partial charge < -0.3 is 0 Å². The normalized spacial score (nSPS) is 10.6. The first kappa shape index (κ1) is 10.7. The number of hydrogen-bond donors (Lipinski definition) is 0. The number of hydrogen-bond acceptors (Lipinski definition) is 2. The van der Waals surface area contributed by atoms with Gasteiger partial charge in [0.2, 0.25) is 0 Å². The van der Waals surface area contributed by atoms with Crippen molar-refractivity contribution in [1.82, 2.24) is 14.1 Å². The van der Waals surface area contributed by atoms with Crippen LogP contribution in [0.25, 0.3) is 0 Å². The third-order valence-electron chi connectivity index (χ3n) is 2.44. The van der Waals surface area contributed by atoms with Gasteiger partial charge in [-0.1, -0.05) is 13.0 Å². The summed E-state index contributed by atoms with van der Waals surface area (Å²) in [6.07, 6.45) is 6.35. The molecule has 0 bridgehead atoms. The first-order valence-corrected chi connectivity index (χ1v) is 5.46. The highest BCUT2D eigenvalue weighted by molar-refractivity contribution is 5.04. The standard InChI is InChI=1S/C12H15N3O/c1-2-7-14-8-9-15(12(14)16)10-11-5-3-4-6-13-11/h3-6,8-9H,2,7,10H2,1H3. The number of aromatic nitrogens is 3. The summed E-state index contributed by atoms with van der Waals surface area (Å²) in [5.74, 6) is 0. The van der Waals surface area contributed by atoms with E-state index in [1.54, 1.807) is 15.3 Å². The van der Waals surface area contributed by atoms with Crippen molar-refractivity contribution in [2.45, 2.75) is 26.4 Å². The van der Waals surface area contributed by atoms with E-state index >= 15 is 0 Å². The monoisotopic (exact) mass is 217 g/mol. The van der Waals surface area contributed by atoms with Crippen LogP contribution in [0.15, 0.2) is 41.6 Å². The number of aryl methyl sites for hydroxylation is 1. The van der Waals surface area contributed by atoms with E-state index in [1.165, 1.54) is 0 Å². The van der Waals surface area contributed by atoms with E-state index in [0.29, 0.717) is 6.54 Å².